The molecule has 2 aliphatic heterocycles. The van der Waals surface area contributed by atoms with Crippen molar-refractivity contribution in [3.05, 3.63) is 18.0 Å². The summed E-state index contributed by atoms with van der Waals surface area (Å²) in [5, 5.41) is 4.53. The van der Waals surface area contributed by atoms with E-state index < -0.39 is 15.3 Å². The molecule has 0 saturated carbocycles. The smallest absolute Gasteiger partial charge is 0.272 e. The van der Waals surface area contributed by atoms with E-state index in [0.29, 0.717) is 31.0 Å². The predicted octanol–water partition coefficient (Wildman–Crippen LogP) is -0.0301. The van der Waals surface area contributed by atoms with Crippen LogP contribution in [0.3, 0.4) is 0 Å². The number of hydrogen-bond acceptors (Lipinski definition) is 6. The van der Waals surface area contributed by atoms with Crippen molar-refractivity contribution in [3.8, 4) is 0 Å². The van der Waals surface area contributed by atoms with Gasteiger partial charge in [0.1, 0.15) is 5.69 Å². The number of aromatic nitrogens is 2. The van der Waals surface area contributed by atoms with Gasteiger partial charge in [0.25, 0.3) is 5.91 Å². The molecule has 1 aromatic heterocycles. The second kappa shape index (κ2) is 6.40. The van der Waals surface area contributed by atoms with Gasteiger partial charge in [-0.25, -0.2) is 23.5 Å². The lowest BCUT2D eigenvalue weighted by molar-refractivity contribution is 0.0721. The van der Waals surface area contributed by atoms with E-state index in [1.807, 2.05) is 0 Å². The van der Waals surface area contributed by atoms with E-state index in [-0.39, 0.29) is 12.5 Å². The van der Waals surface area contributed by atoms with Crippen molar-refractivity contribution in [1.82, 2.24) is 14.9 Å². The summed E-state index contributed by atoms with van der Waals surface area (Å²) < 4.78 is 23.1. The molecule has 0 aromatic carbocycles. The van der Waals surface area contributed by atoms with Crippen molar-refractivity contribution in [2.45, 2.75) is 30.9 Å². The first-order valence-corrected chi connectivity index (χ1v) is 9.45. The van der Waals surface area contributed by atoms with Crippen LogP contribution in [-0.4, -0.2) is 60.6 Å². The Morgan fingerprint density at radius 1 is 1.22 bits per heavy atom. The average molecular weight is 339 g/mol. The van der Waals surface area contributed by atoms with Gasteiger partial charge in [-0.15, -0.1) is 0 Å². The van der Waals surface area contributed by atoms with Crippen molar-refractivity contribution in [3.63, 3.8) is 0 Å². The van der Waals surface area contributed by atoms with Gasteiger partial charge in [0.2, 0.25) is 16.0 Å². The number of sulfonamides is 1. The Kier molecular flexibility index (Phi) is 4.49. The summed E-state index contributed by atoms with van der Waals surface area (Å²) in [6.07, 6.45) is 4.89. The molecular formula is C14H21N5O3S. The van der Waals surface area contributed by atoms with Crippen LogP contribution in [0.25, 0.3) is 0 Å². The Morgan fingerprint density at radius 2 is 1.96 bits per heavy atom. The summed E-state index contributed by atoms with van der Waals surface area (Å²) in [6.45, 7) is 2.44. The molecule has 2 N–H and O–H groups in total. The number of amides is 1. The summed E-state index contributed by atoms with van der Waals surface area (Å²) in [5.74, 6) is 0.301. The largest absolute Gasteiger partial charge is 0.341 e. The van der Waals surface area contributed by atoms with Gasteiger partial charge >= 0.3 is 0 Å². The second-order valence-electron chi connectivity index (χ2n) is 6.04. The molecule has 1 atom stereocenters. The van der Waals surface area contributed by atoms with Crippen LogP contribution in [0.5, 0.6) is 0 Å². The monoisotopic (exact) mass is 339 g/mol. The second-order valence-corrected chi connectivity index (χ2v) is 7.89. The third kappa shape index (κ3) is 3.61. The SMILES string of the molecule is NS(=O)(=O)C1CCCN(C(=O)c2ccnc(N3CCCC3)n2)C1. The van der Waals surface area contributed by atoms with E-state index in [4.69, 9.17) is 5.14 Å². The number of nitrogens with zero attached hydrogens (tertiary/aromatic N) is 4. The molecule has 0 bridgehead atoms. The van der Waals surface area contributed by atoms with E-state index in [1.165, 1.54) is 4.90 Å². The first kappa shape index (κ1) is 16.1. The Morgan fingerprint density at radius 3 is 2.65 bits per heavy atom. The molecule has 2 fully saturated rings. The topological polar surface area (TPSA) is 109 Å². The molecule has 126 valence electrons. The first-order chi connectivity index (χ1) is 10.9. The third-order valence-electron chi connectivity index (χ3n) is 4.38. The number of carbonyl (C=O) groups excluding carboxylic acids is 1. The number of nitrogens with two attached hydrogens (primary N) is 1. The third-order valence-corrected chi connectivity index (χ3v) is 5.69. The fourth-order valence-corrected chi connectivity index (χ4v) is 3.97. The van der Waals surface area contributed by atoms with Crippen LogP contribution in [0, 0.1) is 0 Å². The van der Waals surface area contributed by atoms with Gasteiger partial charge in [0, 0.05) is 32.4 Å². The number of anilines is 1. The number of carbonyl (C=O) groups is 1. The van der Waals surface area contributed by atoms with Gasteiger partial charge in [-0.05, 0) is 31.7 Å². The molecule has 0 aliphatic carbocycles. The van der Waals surface area contributed by atoms with Crippen molar-refractivity contribution >= 4 is 21.9 Å². The maximum absolute atomic E-state index is 12.6. The average Bonchev–Trinajstić information content (AvgIpc) is 3.08. The van der Waals surface area contributed by atoms with Crippen molar-refractivity contribution in [1.29, 1.82) is 0 Å². The Bertz CT molecular complexity index is 687. The quantitative estimate of drug-likeness (QED) is 0.828. The van der Waals surface area contributed by atoms with Crippen LogP contribution in [0.1, 0.15) is 36.2 Å². The lowest BCUT2D eigenvalue weighted by atomic mass is 10.1. The number of piperidine rings is 1. The summed E-state index contributed by atoms with van der Waals surface area (Å²) in [5.41, 5.74) is 0.303. The van der Waals surface area contributed by atoms with Crippen LogP contribution in [-0.2, 0) is 10.0 Å². The maximum Gasteiger partial charge on any atom is 0.272 e. The summed E-state index contributed by atoms with van der Waals surface area (Å²) in [7, 11) is -3.63. The van der Waals surface area contributed by atoms with Crippen LogP contribution in [0.2, 0.25) is 0 Å². The van der Waals surface area contributed by atoms with Crippen molar-refractivity contribution in [2.24, 2.45) is 5.14 Å². The van der Waals surface area contributed by atoms with E-state index in [2.05, 4.69) is 14.9 Å². The normalized spacial score (nSPS) is 22.4. The van der Waals surface area contributed by atoms with Crippen molar-refractivity contribution in [2.75, 3.05) is 31.1 Å². The van der Waals surface area contributed by atoms with Gasteiger partial charge < -0.3 is 9.80 Å². The molecule has 1 unspecified atom stereocenters. The molecule has 2 saturated heterocycles. The van der Waals surface area contributed by atoms with E-state index in [1.54, 1.807) is 12.3 Å². The van der Waals surface area contributed by atoms with Crippen LogP contribution < -0.4 is 10.0 Å². The zero-order valence-electron chi connectivity index (χ0n) is 12.9. The summed E-state index contributed by atoms with van der Waals surface area (Å²) >= 11 is 0. The minimum absolute atomic E-state index is 0.126. The standard InChI is InChI=1S/C14H21N5O3S/c15-23(21,22)11-4-3-9-19(10-11)13(20)12-5-6-16-14(17-12)18-7-1-2-8-18/h5-6,11H,1-4,7-10H2,(H2,15,21,22). The Labute approximate surface area is 135 Å². The minimum Gasteiger partial charge on any atom is -0.341 e. The molecule has 9 heteroatoms. The fourth-order valence-electron chi connectivity index (χ4n) is 3.09. The van der Waals surface area contributed by atoms with Gasteiger partial charge in [-0.3, -0.25) is 4.79 Å². The lowest BCUT2D eigenvalue weighted by Gasteiger charge is -2.31. The predicted molar refractivity (Wildman–Crippen MR) is 85.5 cm³/mol. The van der Waals surface area contributed by atoms with Gasteiger partial charge in [0.05, 0.1) is 5.25 Å². The molecule has 2 aliphatic rings. The molecule has 1 aromatic rings. The van der Waals surface area contributed by atoms with E-state index >= 15 is 0 Å². The van der Waals surface area contributed by atoms with E-state index in [9.17, 15) is 13.2 Å². The van der Waals surface area contributed by atoms with Crippen LogP contribution >= 0.6 is 0 Å². The van der Waals surface area contributed by atoms with Gasteiger partial charge in [-0.2, -0.15) is 0 Å². The number of hydrogen-bond donors (Lipinski definition) is 1. The van der Waals surface area contributed by atoms with Crippen molar-refractivity contribution < 1.29 is 13.2 Å². The Balaban J connectivity index is 1.76. The highest BCUT2D eigenvalue weighted by Gasteiger charge is 2.31. The fraction of sp³-hybridized carbons (Fsp3) is 0.643. The number of likely N-dealkylation sites (tertiary alicyclic amines) is 1. The number of rotatable bonds is 3. The summed E-state index contributed by atoms with van der Waals surface area (Å²) in [6, 6.07) is 1.57. The molecule has 23 heavy (non-hydrogen) atoms. The molecule has 3 rings (SSSR count). The zero-order chi connectivity index (χ0) is 16.4. The highest BCUT2D eigenvalue weighted by atomic mass is 32.2. The summed E-state index contributed by atoms with van der Waals surface area (Å²) in [4.78, 5) is 24.8. The molecule has 8 nitrogen and oxygen atoms in total. The van der Waals surface area contributed by atoms with E-state index in [0.717, 1.165) is 25.9 Å². The molecule has 0 radical (unpaired) electrons. The lowest BCUT2D eigenvalue weighted by Crippen LogP contribution is -2.47. The molecular weight excluding hydrogens is 318 g/mol. The van der Waals surface area contributed by atoms with Gasteiger partial charge in [0.15, 0.2) is 0 Å². The Hall–Kier alpha value is -1.74. The molecule has 3 heterocycles. The van der Waals surface area contributed by atoms with Crippen LogP contribution in [0.4, 0.5) is 5.95 Å². The molecule has 0 spiro atoms. The first-order valence-electron chi connectivity index (χ1n) is 7.84. The minimum atomic E-state index is -3.63. The zero-order valence-corrected chi connectivity index (χ0v) is 13.7. The highest BCUT2D eigenvalue weighted by molar-refractivity contribution is 7.89. The van der Waals surface area contributed by atoms with Crippen LogP contribution in [0.15, 0.2) is 12.3 Å². The van der Waals surface area contributed by atoms with Gasteiger partial charge in [-0.1, -0.05) is 0 Å². The molecule has 1 amide bonds. The number of primary sulfonamides is 1. The maximum atomic E-state index is 12.6. The highest BCUT2D eigenvalue weighted by Crippen LogP contribution is 2.19.